The van der Waals surface area contributed by atoms with Crippen molar-refractivity contribution in [3.05, 3.63) is 41.1 Å². The van der Waals surface area contributed by atoms with E-state index in [0.29, 0.717) is 0 Å². The number of thiophene rings is 1. The van der Waals surface area contributed by atoms with Crippen LogP contribution in [-0.2, 0) is 0 Å². The van der Waals surface area contributed by atoms with Gasteiger partial charge < -0.3 is 4.74 Å². The zero-order valence-corrected chi connectivity index (χ0v) is 13.6. The van der Waals surface area contributed by atoms with Crippen molar-refractivity contribution in [1.29, 1.82) is 0 Å². The Morgan fingerprint density at radius 3 is 2.60 bits per heavy atom. The van der Waals surface area contributed by atoms with E-state index in [9.17, 15) is 0 Å². The number of methoxy groups -OCH3 is 1. The molecule has 0 aliphatic heterocycles. The fourth-order valence-corrected chi connectivity index (χ4v) is 4.45. The quantitative estimate of drug-likeness (QED) is 0.612. The van der Waals surface area contributed by atoms with E-state index < -0.39 is 0 Å². The predicted octanol–water partition coefficient (Wildman–Crippen LogP) is 5.27. The zero-order valence-electron chi connectivity index (χ0n) is 11.1. The van der Waals surface area contributed by atoms with Crippen LogP contribution >= 0.6 is 34.4 Å². The molecule has 3 aromatic rings. The molecule has 0 aliphatic rings. The van der Waals surface area contributed by atoms with Crippen LogP contribution in [0, 0.1) is 0 Å². The summed E-state index contributed by atoms with van der Waals surface area (Å²) in [7, 11) is 1.68. The van der Waals surface area contributed by atoms with E-state index in [-0.39, 0.29) is 0 Å². The van der Waals surface area contributed by atoms with Gasteiger partial charge in [0.25, 0.3) is 0 Å². The first-order valence-electron chi connectivity index (χ1n) is 6.03. The molecular formula is C15H13NOS3. The van der Waals surface area contributed by atoms with Gasteiger partial charge in [-0.1, -0.05) is 0 Å². The summed E-state index contributed by atoms with van der Waals surface area (Å²) in [5.74, 6) is 0.867. The lowest BCUT2D eigenvalue weighted by Gasteiger charge is -2.00. The van der Waals surface area contributed by atoms with Gasteiger partial charge in [0.15, 0.2) is 0 Å². The van der Waals surface area contributed by atoms with Crippen molar-refractivity contribution >= 4 is 34.4 Å². The summed E-state index contributed by atoms with van der Waals surface area (Å²) in [6.45, 7) is 0. The average Bonchev–Trinajstić information content (AvgIpc) is 3.15. The predicted molar refractivity (Wildman–Crippen MR) is 89.2 cm³/mol. The van der Waals surface area contributed by atoms with E-state index in [0.717, 1.165) is 22.0 Å². The Bertz CT molecular complexity index is 700. The SMILES string of the molecule is COc1ccc(-c2csc(-c3ccsc3SC)n2)cc1. The smallest absolute Gasteiger partial charge is 0.126 e. The van der Waals surface area contributed by atoms with E-state index in [2.05, 4.69) is 23.1 Å². The standard InChI is InChI=1S/C15H13NOS3/c1-17-11-5-3-10(4-6-11)13-9-20-14(16-13)12-7-8-19-15(12)18-2/h3-9H,1-2H3. The van der Waals surface area contributed by atoms with Gasteiger partial charge in [0.1, 0.15) is 10.8 Å². The average molecular weight is 319 g/mol. The van der Waals surface area contributed by atoms with E-state index in [4.69, 9.17) is 9.72 Å². The van der Waals surface area contributed by atoms with Gasteiger partial charge in [-0.15, -0.1) is 34.4 Å². The monoisotopic (exact) mass is 319 g/mol. The molecular weight excluding hydrogens is 306 g/mol. The minimum atomic E-state index is 0.867. The molecule has 0 saturated carbocycles. The van der Waals surface area contributed by atoms with E-state index in [1.54, 1.807) is 41.5 Å². The molecule has 0 N–H and O–H groups in total. The maximum atomic E-state index is 5.18. The van der Waals surface area contributed by atoms with Gasteiger partial charge >= 0.3 is 0 Å². The molecule has 2 nitrogen and oxygen atoms in total. The molecule has 0 amide bonds. The molecule has 0 saturated heterocycles. The molecule has 0 spiro atoms. The number of nitrogens with zero attached hydrogens (tertiary/aromatic N) is 1. The minimum Gasteiger partial charge on any atom is -0.497 e. The fourth-order valence-electron chi connectivity index (χ4n) is 1.90. The minimum absolute atomic E-state index is 0.867. The Labute approximate surface area is 130 Å². The number of thiazole rings is 1. The van der Waals surface area contributed by atoms with Crippen LogP contribution in [0.4, 0.5) is 0 Å². The number of rotatable bonds is 4. The van der Waals surface area contributed by atoms with Gasteiger partial charge in [0.2, 0.25) is 0 Å². The molecule has 1 aromatic carbocycles. The second-order valence-electron chi connectivity index (χ2n) is 4.09. The van der Waals surface area contributed by atoms with Crippen molar-refractivity contribution in [2.75, 3.05) is 13.4 Å². The number of hydrogen-bond acceptors (Lipinski definition) is 5. The number of benzene rings is 1. The highest BCUT2D eigenvalue weighted by molar-refractivity contribution is 8.00. The fraction of sp³-hybridized carbons (Fsp3) is 0.133. The molecule has 20 heavy (non-hydrogen) atoms. The normalized spacial score (nSPS) is 10.7. The van der Waals surface area contributed by atoms with Gasteiger partial charge in [-0.3, -0.25) is 0 Å². The highest BCUT2D eigenvalue weighted by Crippen LogP contribution is 2.37. The summed E-state index contributed by atoms with van der Waals surface area (Å²) in [5, 5.41) is 5.32. The second kappa shape index (κ2) is 5.99. The van der Waals surface area contributed by atoms with Crippen molar-refractivity contribution in [2.24, 2.45) is 0 Å². The molecule has 2 aromatic heterocycles. The Balaban J connectivity index is 1.93. The Kier molecular flexibility index (Phi) is 4.10. The first kappa shape index (κ1) is 13.7. The first-order valence-corrected chi connectivity index (χ1v) is 9.02. The number of aromatic nitrogens is 1. The van der Waals surface area contributed by atoms with Gasteiger partial charge in [-0.05, 0) is 42.0 Å². The van der Waals surface area contributed by atoms with Crippen molar-refractivity contribution in [3.8, 4) is 27.6 Å². The first-order chi connectivity index (χ1) is 9.81. The maximum Gasteiger partial charge on any atom is 0.126 e. The van der Waals surface area contributed by atoms with Crippen LogP contribution in [0.3, 0.4) is 0 Å². The summed E-state index contributed by atoms with van der Waals surface area (Å²) in [5.41, 5.74) is 3.38. The van der Waals surface area contributed by atoms with E-state index >= 15 is 0 Å². The topological polar surface area (TPSA) is 22.1 Å². The third-order valence-corrected chi connectivity index (χ3v) is 5.90. The van der Waals surface area contributed by atoms with Gasteiger partial charge in [-0.25, -0.2) is 4.98 Å². The maximum absolute atomic E-state index is 5.18. The number of hydrogen-bond donors (Lipinski definition) is 0. The van der Waals surface area contributed by atoms with Gasteiger partial charge in [0, 0.05) is 16.5 Å². The van der Waals surface area contributed by atoms with Gasteiger partial charge in [0.05, 0.1) is 17.0 Å². The molecule has 0 unspecified atom stereocenters. The summed E-state index contributed by atoms with van der Waals surface area (Å²) < 4.78 is 6.50. The third kappa shape index (κ3) is 2.61. The van der Waals surface area contributed by atoms with Crippen LogP contribution in [0.2, 0.25) is 0 Å². The Morgan fingerprint density at radius 1 is 1.10 bits per heavy atom. The number of ether oxygens (including phenoxy) is 1. The lowest BCUT2D eigenvalue weighted by molar-refractivity contribution is 0.415. The van der Waals surface area contributed by atoms with E-state index in [1.807, 2.05) is 24.3 Å². The third-order valence-electron chi connectivity index (χ3n) is 2.94. The molecule has 2 heterocycles. The summed E-state index contributed by atoms with van der Waals surface area (Å²) in [6, 6.07) is 10.2. The van der Waals surface area contributed by atoms with Gasteiger partial charge in [-0.2, -0.15) is 0 Å². The molecule has 102 valence electrons. The van der Waals surface area contributed by atoms with Crippen LogP contribution < -0.4 is 4.74 Å². The van der Waals surface area contributed by atoms with Crippen LogP contribution in [0.15, 0.2) is 45.3 Å². The van der Waals surface area contributed by atoms with Crippen molar-refractivity contribution in [1.82, 2.24) is 4.98 Å². The molecule has 0 radical (unpaired) electrons. The summed E-state index contributed by atoms with van der Waals surface area (Å²) in [4.78, 5) is 4.76. The lowest BCUT2D eigenvalue weighted by atomic mass is 10.2. The Hall–Kier alpha value is -1.30. The van der Waals surface area contributed by atoms with E-state index in [1.165, 1.54) is 9.77 Å². The van der Waals surface area contributed by atoms with Crippen molar-refractivity contribution < 1.29 is 4.74 Å². The summed E-state index contributed by atoms with van der Waals surface area (Å²) in [6.07, 6.45) is 2.10. The Morgan fingerprint density at radius 2 is 1.90 bits per heavy atom. The van der Waals surface area contributed by atoms with Crippen LogP contribution in [0.1, 0.15) is 0 Å². The number of thioether (sulfide) groups is 1. The molecule has 3 rings (SSSR count). The second-order valence-corrected chi connectivity index (χ2v) is 6.94. The lowest BCUT2D eigenvalue weighted by Crippen LogP contribution is -1.83. The molecule has 0 bridgehead atoms. The highest BCUT2D eigenvalue weighted by Gasteiger charge is 2.11. The molecule has 0 atom stereocenters. The largest absolute Gasteiger partial charge is 0.497 e. The van der Waals surface area contributed by atoms with Crippen LogP contribution in [0.5, 0.6) is 5.75 Å². The molecule has 0 aliphatic carbocycles. The van der Waals surface area contributed by atoms with Crippen LogP contribution in [-0.4, -0.2) is 18.3 Å². The highest BCUT2D eigenvalue weighted by atomic mass is 32.2. The molecule has 5 heteroatoms. The van der Waals surface area contributed by atoms with Crippen molar-refractivity contribution in [2.45, 2.75) is 4.21 Å². The zero-order chi connectivity index (χ0) is 13.9. The van der Waals surface area contributed by atoms with Crippen LogP contribution in [0.25, 0.3) is 21.8 Å². The summed E-state index contributed by atoms with van der Waals surface area (Å²) >= 11 is 5.24. The van der Waals surface area contributed by atoms with Crippen molar-refractivity contribution in [3.63, 3.8) is 0 Å². The molecule has 0 fully saturated rings.